The van der Waals surface area contributed by atoms with Crippen LogP contribution in [0, 0.1) is 0 Å². The van der Waals surface area contributed by atoms with Crippen LogP contribution in [0.3, 0.4) is 0 Å². The summed E-state index contributed by atoms with van der Waals surface area (Å²) < 4.78 is 0. The van der Waals surface area contributed by atoms with Gasteiger partial charge in [0, 0.05) is 11.1 Å². The van der Waals surface area contributed by atoms with Gasteiger partial charge in [0.25, 0.3) is 0 Å². The van der Waals surface area contributed by atoms with Crippen molar-refractivity contribution < 1.29 is 0 Å². The fourth-order valence-corrected chi connectivity index (χ4v) is 2.50. The van der Waals surface area contributed by atoms with Gasteiger partial charge < -0.3 is 0 Å². The molecule has 0 N–H and O–H groups in total. The van der Waals surface area contributed by atoms with Gasteiger partial charge in [-0.3, -0.25) is 0 Å². The monoisotopic (exact) mass is 287 g/mol. The largest absolute Gasteiger partial charge is 0.193 e. The number of hydrogen-bond donors (Lipinski definition) is 0. The number of thiocarbonyl (C=S) groups is 1. The quantitative estimate of drug-likeness (QED) is 0.441. The van der Waals surface area contributed by atoms with Crippen molar-refractivity contribution in [3.05, 3.63) is 78.9 Å². The summed E-state index contributed by atoms with van der Waals surface area (Å²) in [6.45, 7) is 0. The van der Waals surface area contributed by atoms with Crippen molar-refractivity contribution in [2.45, 2.75) is 0 Å². The van der Waals surface area contributed by atoms with Crippen molar-refractivity contribution in [2.24, 2.45) is 4.99 Å². The van der Waals surface area contributed by atoms with Gasteiger partial charge in [0.2, 0.25) is 0 Å². The zero-order chi connectivity index (χ0) is 14.5. The summed E-state index contributed by atoms with van der Waals surface area (Å²) in [6.07, 6.45) is 0. The number of nitrogens with zero attached hydrogens (tertiary/aromatic N) is 1. The molecule has 0 amide bonds. The standard InChI is InChI=1S/C19H13NS/c21-14-20-19-17(15-8-3-1-4-9-15)12-7-13-18(19)16-10-5-2-6-11-16/h1-13H. The van der Waals surface area contributed by atoms with Crippen molar-refractivity contribution in [3.63, 3.8) is 0 Å². The molecule has 21 heavy (non-hydrogen) atoms. The van der Waals surface area contributed by atoms with Gasteiger partial charge in [0.15, 0.2) is 0 Å². The molecule has 0 aliphatic rings. The van der Waals surface area contributed by atoms with Crippen LogP contribution in [-0.2, 0) is 0 Å². The van der Waals surface area contributed by atoms with Gasteiger partial charge in [-0.1, -0.05) is 78.9 Å². The molecule has 0 saturated heterocycles. The molecule has 0 heterocycles. The van der Waals surface area contributed by atoms with E-state index in [-0.39, 0.29) is 0 Å². The van der Waals surface area contributed by atoms with E-state index in [1.807, 2.05) is 42.5 Å². The van der Waals surface area contributed by atoms with Gasteiger partial charge in [-0.2, -0.15) is 4.99 Å². The Labute approximate surface area is 129 Å². The molecule has 3 rings (SSSR count). The SMILES string of the molecule is S=C=Nc1c(-c2ccccc2)cccc1-c1ccccc1. The maximum absolute atomic E-state index is 4.84. The second kappa shape index (κ2) is 6.27. The fraction of sp³-hybridized carbons (Fsp3) is 0. The summed E-state index contributed by atoms with van der Waals surface area (Å²) in [5.74, 6) is 0. The lowest BCUT2D eigenvalue weighted by molar-refractivity contribution is 1.51. The fourth-order valence-electron chi connectivity index (χ4n) is 2.41. The van der Waals surface area contributed by atoms with Crippen molar-refractivity contribution >= 4 is 23.1 Å². The van der Waals surface area contributed by atoms with E-state index in [0.29, 0.717) is 0 Å². The van der Waals surface area contributed by atoms with Crippen LogP contribution in [0.4, 0.5) is 5.69 Å². The minimum absolute atomic E-state index is 0.866. The smallest absolute Gasteiger partial charge is 0.0896 e. The normalized spacial score (nSPS) is 9.90. The number of hydrogen-bond acceptors (Lipinski definition) is 2. The van der Waals surface area contributed by atoms with Crippen LogP contribution in [0.2, 0.25) is 0 Å². The Kier molecular flexibility index (Phi) is 4.02. The summed E-state index contributed by atoms with van der Waals surface area (Å²) in [7, 11) is 0. The highest BCUT2D eigenvalue weighted by Crippen LogP contribution is 2.38. The Morgan fingerprint density at radius 1 is 0.619 bits per heavy atom. The van der Waals surface area contributed by atoms with Gasteiger partial charge in [-0.05, 0) is 23.3 Å². The molecule has 0 unspecified atom stereocenters. The Hall–Kier alpha value is -2.54. The zero-order valence-corrected chi connectivity index (χ0v) is 12.2. The number of benzene rings is 3. The van der Waals surface area contributed by atoms with Crippen molar-refractivity contribution in [1.29, 1.82) is 0 Å². The highest BCUT2D eigenvalue weighted by atomic mass is 32.1. The second-order valence-corrected chi connectivity index (χ2v) is 4.82. The first-order valence-electron chi connectivity index (χ1n) is 6.72. The van der Waals surface area contributed by atoms with E-state index >= 15 is 0 Å². The first-order valence-corrected chi connectivity index (χ1v) is 7.12. The predicted molar refractivity (Wildman–Crippen MR) is 92.0 cm³/mol. The molecule has 0 aliphatic heterocycles. The first-order chi connectivity index (χ1) is 10.4. The van der Waals surface area contributed by atoms with E-state index in [9.17, 15) is 0 Å². The minimum Gasteiger partial charge on any atom is -0.193 e. The molecule has 1 nitrogen and oxygen atoms in total. The van der Waals surface area contributed by atoms with Crippen LogP contribution < -0.4 is 0 Å². The van der Waals surface area contributed by atoms with Gasteiger partial charge in [0.1, 0.15) is 0 Å². The lowest BCUT2D eigenvalue weighted by Gasteiger charge is -2.11. The van der Waals surface area contributed by atoms with Crippen molar-refractivity contribution in [1.82, 2.24) is 0 Å². The second-order valence-electron chi connectivity index (χ2n) is 4.64. The van der Waals surface area contributed by atoms with Crippen molar-refractivity contribution in [3.8, 4) is 22.3 Å². The number of aliphatic imine (C=N–C) groups is 1. The lowest BCUT2D eigenvalue weighted by atomic mass is 9.96. The first kappa shape index (κ1) is 13.4. The molecule has 0 aromatic heterocycles. The molecule has 0 fully saturated rings. The highest BCUT2D eigenvalue weighted by molar-refractivity contribution is 7.78. The molecule has 3 aromatic rings. The molecule has 3 aromatic carbocycles. The molecule has 100 valence electrons. The summed E-state index contributed by atoms with van der Waals surface area (Å²) in [4.78, 5) is 4.32. The average Bonchev–Trinajstić information content (AvgIpc) is 2.57. The third-order valence-electron chi connectivity index (χ3n) is 3.36. The third kappa shape index (κ3) is 2.82. The van der Waals surface area contributed by atoms with E-state index in [2.05, 4.69) is 46.6 Å². The predicted octanol–water partition coefficient (Wildman–Crippen LogP) is 5.75. The highest BCUT2D eigenvalue weighted by Gasteiger charge is 2.10. The van der Waals surface area contributed by atoms with Gasteiger partial charge in [-0.15, -0.1) is 0 Å². The third-order valence-corrected chi connectivity index (χ3v) is 3.45. The van der Waals surface area contributed by atoms with E-state index in [4.69, 9.17) is 12.2 Å². The molecule has 0 bridgehead atoms. The van der Waals surface area contributed by atoms with Crippen molar-refractivity contribution in [2.75, 3.05) is 0 Å². The van der Waals surface area contributed by atoms with Gasteiger partial charge in [0.05, 0.1) is 10.8 Å². The zero-order valence-electron chi connectivity index (χ0n) is 11.4. The van der Waals surface area contributed by atoms with E-state index in [0.717, 1.165) is 27.9 Å². The molecule has 0 spiro atoms. The molecule has 2 heteroatoms. The van der Waals surface area contributed by atoms with Gasteiger partial charge >= 0.3 is 0 Å². The average molecular weight is 287 g/mol. The van der Waals surface area contributed by atoms with Crippen LogP contribution in [0.1, 0.15) is 0 Å². The van der Waals surface area contributed by atoms with E-state index in [1.165, 1.54) is 0 Å². The topological polar surface area (TPSA) is 12.4 Å². The van der Waals surface area contributed by atoms with Crippen LogP contribution in [0.15, 0.2) is 83.9 Å². The number of isothiocyanates is 1. The Balaban J connectivity index is 2.26. The molecular weight excluding hydrogens is 274 g/mol. The molecule has 0 aliphatic carbocycles. The summed E-state index contributed by atoms with van der Waals surface area (Å²) in [5.41, 5.74) is 5.24. The maximum Gasteiger partial charge on any atom is 0.0896 e. The van der Waals surface area contributed by atoms with Crippen LogP contribution in [0.25, 0.3) is 22.3 Å². The lowest BCUT2D eigenvalue weighted by Crippen LogP contribution is -1.84. The Morgan fingerprint density at radius 2 is 1.10 bits per heavy atom. The van der Waals surface area contributed by atoms with Gasteiger partial charge in [-0.25, -0.2) is 0 Å². The Bertz CT molecular complexity index is 731. The minimum atomic E-state index is 0.866. The van der Waals surface area contributed by atoms with Crippen LogP contribution in [-0.4, -0.2) is 5.16 Å². The molecular formula is C19H13NS. The number of rotatable bonds is 3. The Morgan fingerprint density at radius 3 is 1.52 bits per heavy atom. The molecule has 0 atom stereocenters. The van der Waals surface area contributed by atoms with E-state index < -0.39 is 0 Å². The van der Waals surface area contributed by atoms with E-state index in [1.54, 1.807) is 0 Å². The molecule has 0 radical (unpaired) electrons. The maximum atomic E-state index is 4.84. The van der Waals surface area contributed by atoms with Crippen LogP contribution >= 0.6 is 12.2 Å². The molecule has 0 saturated carbocycles. The summed E-state index contributed by atoms with van der Waals surface area (Å²) >= 11 is 4.84. The van der Waals surface area contributed by atoms with Crippen LogP contribution in [0.5, 0.6) is 0 Å². The number of para-hydroxylation sites is 1. The summed E-state index contributed by atoms with van der Waals surface area (Å²) in [6, 6.07) is 26.6. The summed E-state index contributed by atoms with van der Waals surface area (Å²) in [5, 5.41) is 2.51.